The highest BCUT2D eigenvalue weighted by Gasteiger charge is 2.22. The number of carbonyl (C=O) groups is 1. The Morgan fingerprint density at radius 3 is 2.18 bits per heavy atom. The van der Waals surface area contributed by atoms with Gasteiger partial charge in [-0.05, 0) is 18.4 Å². The van der Waals surface area contributed by atoms with Crippen LogP contribution in [-0.4, -0.2) is 29.0 Å². The lowest BCUT2D eigenvalue weighted by molar-refractivity contribution is -0.140. The molecule has 0 radical (unpaired) electrons. The zero-order valence-electron chi connectivity index (χ0n) is 10.6. The largest absolute Gasteiger partial charge is 0.378 e. The molecule has 0 spiro atoms. The van der Waals surface area contributed by atoms with E-state index in [9.17, 15) is 9.90 Å². The third-order valence-electron chi connectivity index (χ3n) is 2.65. The van der Waals surface area contributed by atoms with Crippen LogP contribution >= 0.6 is 0 Å². The molecule has 1 rings (SSSR count). The van der Waals surface area contributed by atoms with E-state index in [4.69, 9.17) is 0 Å². The predicted octanol–water partition coefficient (Wildman–Crippen LogP) is 2.37. The second-order valence-electron chi connectivity index (χ2n) is 4.14. The average Bonchev–Trinajstić information content (AvgIpc) is 2.38. The molecule has 0 aliphatic heterocycles. The SMILES string of the molecule is CCCN(CCC)C(=O)C(O)c1ccccc1. The van der Waals surface area contributed by atoms with Gasteiger partial charge in [0.1, 0.15) is 0 Å². The van der Waals surface area contributed by atoms with E-state index < -0.39 is 6.10 Å². The normalized spacial score (nSPS) is 12.2. The number of aliphatic hydroxyl groups is 1. The molecule has 0 aliphatic carbocycles. The van der Waals surface area contributed by atoms with Gasteiger partial charge in [0.15, 0.2) is 6.10 Å². The summed E-state index contributed by atoms with van der Waals surface area (Å²) in [5, 5.41) is 10.0. The quantitative estimate of drug-likeness (QED) is 0.822. The lowest BCUT2D eigenvalue weighted by Gasteiger charge is -2.24. The first kappa shape index (κ1) is 13.7. The Balaban J connectivity index is 2.73. The van der Waals surface area contributed by atoms with Crippen LogP contribution in [0.4, 0.5) is 0 Å². The number of nitrogens with zero attached hydrogens (tertiary/aromatic N) is 1. The third kappa shape index (κ3) is 3.86. The van der Waals surface area contributed by atoms with Gasteiger partial charge in [-0.2, -0.15) is 0 Å². The van der Waals surface area contributed by atoms with Crippen LogP contribution in [0, 0.1) is 0 Å². The summed E-state index contributed by atoms with van der Waals surface area (Å²) in [4.78, 5) is 13.8. The zero-order valence-corrected chi connectivity index (χ0v) is 10.6. The van der Waals surface area contributed by atoms with Crippen LogP contribution < -0.4 is 0 Å². The van der Waals surface area contributed by atoms with Crippen LogP contribution in [0.2, 0.25) is 0 Å². The number of benzene rings is 1. The second-order valence-corrected chi connectivity index (χ2v) is 4.14. The topological polar surface area (TPSA) is 40.5 Å². The fourth-order valence-electron chi connectivity index (χ4n) is 1.82. The van der Waals surface area contributed by atoms with Crippen LogP contribution in [0.1, 0.15) is 38.4 Å². The standard InChI is InChI=1S/C14H21NO2/c1-3-10-15(11-4-2)14(17)13(16)12-8-6-5-7-9-12/h5-9,13,16H,3-4,10-11H2,1-2H3. The van der Waals surface area contributed by atoms with E-state index in [2.05, 4.69) is 0 Å². The molecular weight excluding hydrogens is 214 g/mol. The molecule has 3 nitrogen and oxygen atoms in total. The van der Waals surface area contributed by atoms with Crippen LogP contribution in [0.5, 0.6) is 0 Å². The maximum atomic E-state index is 12.1. The van der Waals surface area contributed by atoms with Crippen molar-refractivity contribution < 1.29 is 9.90 Å². The molecular formula is C14H21NO2. The summed E-state index contributed by atoms with van der Waals surface area (Å²) in [5.41, 5.74) is 0.662. The summed E-state index contributed by atoms with van der Waals surface area (Å²) < 4.78 is 0. The Kier molecular flexibility index (Phi) is 5.70. The molecule has 1 amide bonds. The van der Waals surface area contributed by atoms with Crippen molar-refractivity contribution in [2.24, 2.45) is 0 Å². The van der Waals surface area contributed by atoms with Gasteiger partial charge in [-0.15, -0.1) is 0 Å². The van der Waals surface area contributed by atoms with Crippen LogP contribution in [0.3, 0.4) is 0 Å². The van der Waals surface area contributed by atoms with Crippen molar-refractivity contribution in [3.63, 3.8) is 0 Å². The first-order valence-electron chi connectivity index (χ1n) is 6.22. The summed E-state index contributed by atoms with van der Waals surface area (Å²) in [6.45, 7) is 5.48. The minimum absolute atomic E-state index is 0.195. The molecule has 0 aliphatic rings. The van der Waals surface area contributed by atoms with Gasteiger partial charge in [0, 0.05) is 13.1 Å². The molecule has 0 bridgehead atoms. The average molecular weight is 235 g/mol. The van der Waals surface area contributed by atoms with Gasteiger partial charge in [-0.3, -0.25) is 4.79 Å². The summed E-state index contributed by atoms with van der Waals surface area (Å²) in [7, 11) is 0. The highest BCUT2D eigenvalue weighted by Crippen LogP contribution is 2.15. The lowest BCUT2D eigenvalue weighted by atomic mass is 10.1. The molecule has 3 heteroatoms. The fraction of sp³-hybridized carbons (Fsp3) is 0.500. The molecule has 1 aromatic rings. The van der Waals surface area contributed by atoms with Gasteiger partial charge in [0.05, 0.1) is 0 Å². The lowest BCUT2D eigenvalue weighted by Crippen LogP contribution is -2.36. The Hall–Kier alpha value is -1.35. The van der Waals surface area contributed by atoms with E-state index in [1.54, 1.807) is 17.0 Å². The number of carbonyl (C=O) groups excluding carboxylic acids is 1. The summed E-state index contributed by atoms with van der Waals surface area (Å²) >= 11 is 0. The van der Waals surface area contributed by atoms with Gasteiger partial charge in [-0.1, -0.05) is 44.2 Å². The van der Waals surface area contributed by atoms with E-state index in [0.29, 0.717) is 18.7 Å². The van der Waals surface area contributed by atoms with Crippen molar-refractivity contribution in [3.8, 4) is 0 Å². The fourth-order valence-corrected chi connectivity index (χ4v) is 1.82. The van der Waals surface area contributed by atoms with E-state index >= 15 is 0 Å². The zero-order chi connectivity index (χ0) is 12.7. The smallest absolute Gasteiger partial charge is 0.256 e. The summed E-state index contributed by atoms with van der Waals surface area (Å²) in [6.07, 6.45) is 0.787. The molecule has 0 fully saturated rings. The Bertz CT molecular complexity index is 331. The number of amides is 1. The van der Waals surface area contributed by atoms with Gasteiger partial charge in [0.2, 0.25) is 0 Å². The van der Waals surface area contributed by atoms with Crippen molar-refractivity contribution in [2.45, 2.75) is 32.8 Å². The van der Waals surface area contributed by atoms with Crippen LogP contribution in [-0.2, 0) is 4.79 Å². The predicted molar refractivity (Wildman–Crippen MR) is 68.6 cm³/mol. The molecule has 1 unspecified atom stereocenters. The summed E-state index contributed by atoms with van der Waals surface area (Å²) in [6, 6.07) is 9.08. The molecule has 0 heterocycles. The van der Waals surface area contributed by atoms with Gasteiger partial charge >= 0.3 is 0 Å². The number of hydrogen-bond acceptors (Lipinski definition) is 2. The molecule has 94 valence electrons. The molecule has 1 aromatic carbocycles. The van der Waals surface area contributed by atoms with Crippen molar-refractivity contribution in [2.75, 3.05) is 13.1 Å². The Labute approximate surface area is 103 Å². The first-order valence-corrected chi connectivity index (χ1v) is 6.22. The minimum atomic E-state index is -1.03. The highest BCUT2D eigenvalue weighted by atomic mass is 16.3. The summed E-state index contributed by atoms with van der Waals surface area (Å²) in [5.74, 6) is -0.195. The third-order valence-corrected chi connectivity index (χ3v) is 2.65. The van der Waals surface area contributed by atoms with Crippen molar-refractivity contribution in [1.82, 2.24) is 4.90 Å². The molecule has 0 saturated carbocycles. The van der Waals surface area contributed by atoms with Crippen LogP contribution in [0.15, 0.2) is 30.3 Å². The Morgan fingerprint density at radius 2 is 1.71 bits per heavy atom. The maximum absolute atomic E-state index is 12.1. The Morgan fingerprint density at radius 1 is 1.18 bits per heavy atom. The number of rotatable bonds is 6. The maximum Gasteiger partial charge on any atom is 0.256 e. The molecule has 0 saturated heterocycles. The monoisotopic (exact) mass is 235 g/mol. The minimum Gasteiger partial charge on any atom is -0.378 e. The molecule has 1 N–H and O–H groups in total. The molecule has 0 aromatic heterocycles. The van der Waals surface area contributed by atoms with E-state index in [1.165, 1.54) is 0 Å². The van der Waals surface area contributed by atoms with Crippen molar-refractivity contribution >= 4 is 5.91 Å². The highest BCUT2D eigenvalue weighted by molar-refractivity contribution is 5.82. The van der Waals surface area contributed by atoms with E-state index in [-0.39, 0.29) is 5.91 Å². The van der Waals surface area contributed by atoms with Gasteiger partial charge in [-0.25, -0.2) is 0 Å². The van der Waals surface area contributed by atoms with E-state index in [0.717, 1.165) is 12.8 Å². The number of aliphatic hydroxyl groups excluding tert-OH is 1. The van der Waals surface area contributed by atoms with Crippen molar-refractivity contribution in [1.29, 1.82) is 0 Å². The molecule has 1 atom stereocenters. The van der Waals surface area contributed by atoms with Gasteiger partial charge in [0.25, 0.3) is 5.91 Å². The second kappa shape index (κ2) is 7.07. The van der Waals surface area contributed by atoms with E-state index in [1.807, 2.05) is 32.0 Å². The van der Waals surface area contributed by atoms with Gasteiger partial charge < -0.3 is 10.0 Å². The van der Waals surface area contributed by atoms with Crippen LogP contribution in [0.25, 0.3) is 0 Å². The molecule has 17 heavy (non-hydrogen) atoms. The number of hydrogen-bond donors (Lipinski definition) is 1. The first-order chi connectivity index (χ1) is 8.20. The van der Waals surface area contributed by atoms with Crippen molar-refractivity contribution in [3.05, 3.63) is 35.9 Å².